The number of anilines is 1. The Morgan fingerprint density at radius 2 is 1.93 bits per heavy atom. The largest absolute Gasteiger partial charge is 0.296 e. The number of hydrogen-bond acceptors (Lipinski definition) is 2. The van der Waals surface area contributed by atoms with E-state index in [4.69, 9.17) is 4.78 Å². The van der Waals surface area contributed by atoms with E-state index in [1.165, 1.54) is 6.92 Å². The van der Waals surface area contributed by atoms with E-state index in [1.54, 1.807) is 0 Å². The molecule has 0 fully saturated rings. The van der Waals surface area contributed by atoms with Gasteiger partial charge >= 0.3 is 0 Å². The van der Waals surface area contributed by atoms with Crippen molar-refractivity contribution in [3.63, 3.8) is 0 Å². The topological polar surface area (TPSA) is 53.0 Å². The molecule has 1 aromatic rings. The van der Waals surface area contributed by atoms with Crippen LogP contribution in [0.4, 0.5) is 14.5 Å². The van der Waals surface area contributed by atoms with E-state index in [0.29, 0.717) is 0 Å². The van der Waals surface area contributed by atoms with Crippen molar-refractivity contribution in [2.75, 3.05) is 11.0 Å². The summed E-state index contributed by atoms with van der Waals surface area (Å²) in [7, 11) is -3.09. The van der Waals surface area contributed by atoms with Crippen LogP contribution in [0.1, 0.15) is 5.56 Å². The molecule has 0 aliphatic heterocycles. The minimum atomic E-state index is -3.09. The fraction of sp³-hybridized carbons (Fsp3) is 0.250. The first-order valence-corrected chi connectivity index (χ1v) is 5.73. The van der Waals surface area contributed by atoms with Crippen LogP contribution in [-0.4, -0.2) is 10.5 Å². The Kier molecular flexibility index (Phi) is 2.75. The lowest BCUT2D eigenvalue weighted by molar-refractivity contribution is 0.596. The summed E-state index contributed by atoms with van der Waals surface area (Å²) >= 11 is 0. The molecule has 0 amide bonds. The van der Waals surface area contributed by atoms with Crippen molar-refractivity contribution in [2.24, 2.45) is 0 Å². The van der Waals surface area contributed by atoms with Crippen LogP contribution < -0.4 is 4.72 Å². The smallest absolute Gasteiger partial charge is 0.147 e. The second-order valence-corrected chi connectivity index (χ2v) is 4.92. The highest BCUT2D eigenvalue weighted by atomic mass is 32.2. The molecule has 0 aliphatic rings. The fourth-order valence-electron chi connectivity index (χ4n) is 0.934. The molecule has 0 radical (unpaired) electrons. The molecule has 0 saturated heterocycles. The SMILES string of the molecule is Cc1cc(F)c(NS(C)(=N)=O)cc1F. The normalized spacial score (nSPS) is 14.9. The van der Waals surface area contributed by atoms with Gasteiger partial charge < -0.3 is 0 Å². The molecule has 0 aliphatic carbocycles. The van der Waals surface area contributed by atoms with Crippen LogP contribution in [0.5, 0.6) is 0 Å². The molecule has 78 valence electrons. The Labute approximate surface area is 81.2 Å². The first kappa shape index (κ1) is 10.9. The molecule has 1 rings (SSSR count). The van der Waals surface area contributed by atoms with Gasteiger partial charge in [-0.25, -0.2) is 17.8 Å². The highest BCUT2D eigenvalue weighted by Crippen LogP contribution is 2.19. The Balaban J connectivity index is 3.17. The van der Waals surface area contributed by atoms with Gasteiger partial charge in [-0.05, 0) is 18.6 Å². The lowest BCUT2D eigenvalue weighted by Gasteiger charge is -2.08. The van der Waals surface area contributed by atoms with E-state index >= 15 is 0 Å². The molecule has 0 saturated carbocycles. The Morgan fingerprint density at radius 3 is 2.43 bits per heavy atom. The molecule has 0 heterocycles. The fourth-order valence-corrected chi connectivity index (χ4v) is 1.51. The summed E-state index contributed by atoms with van der Waals surface area (Å²) in [4.78, 5) is 0. The van der Waals surface area contributed by atoms with Crippen LogP contribution in [0.3, 0.4) is 0 Å². The number of rotatable bonds is 2. The van der Waals surface area contributed by atoms with Gasteiger partial charge in [0.05, 0.1) is 5.69 Å². The van der Waals surface area contributed by atoms with Gasteiger partial charge in [0.25, 0.3) is 0 Å². The molecule has 1 atom stereocenters. The van der Waals surface area contributed by atoms with Crippen molar-refractivity contribution in [3.05, 3.63) is 29.3 Å². The standard InChI is InChI=1S/C8H10F2N2OS/c1-5-3-7(10)8(4-6(5)9)12-14(2,11)13/h3-4H,1-2H3,(H2,11,12,13). The van der Waals surface area contributed by atoms with Gasteiger partial charge in [0.1, 0.15) is 21.5 Å². The van der Waals surface area contributed by atoms with E-state index in [9.17, 15) is 13.0 Å². The predicted molar refractivity (Wildman–Crippen MR) is 51.5 cm³/mol. The van der Waals surface area contributed by atoms with Gasteiger partial charge in [-0.3, -0.25) is 4.72 Å². The third kappa shape index (κ3) is 2.66. The van der Waals surface area contributed by atoms with Crippen molar-refractivity contribution in [2.45, 2.75) is 6.92 Å². The maximum Gasteiger partial charge on any atom is 0.147 e. The van der Waals surface area contributed by atoms with Crippen molar-refractivity contribution < 1.29 is 13.0 Å². The van der Waals surface area contributed by atoms with Gasteiger partial charge in [0.2, 0.25) is 0 Å². The second-order valence-electron chi connectivity index (χ2n) is 3.03. The Bertz CT molecular complexity index is 457. The van der Waals surface area contributed by atoms with Crippen LogP contribution in [-0.2, 0) is 9.92 Å². The summed E-state index contributed by atoms with van der Waals surface area (Å²) in [5, 5.41) is 0. The van der Waals surface area contributed by atoms with Crippen molar-refractivity contribution in [3.8, 4) is 0 Å². The lowest BCUT2D eigenvalue weighted by Crippen LogP contribution is -2.09. The summed E-state index contributed by atoms with van der Waals surface area (Å²) < 4.78 is 46.2. The van der Waals surface area contributed by atoms with Crippen LogP contribution in [0.25, 0.3) is 0 Å². The molecule has 1 aromatic carbocycles. The highest BCUT2D eigenvalue weighted by Gasteiger charge is 2.08. The van der Waals surface area contributed by atoms with E-state index in [1.807, 2.05) is 0 Å². The summed E-state index contributed by atoms with van der Waals surface area (Å²) in [6.07, 6.45) is 1.09. The summed E-state index contributed by atoms with van der Waals surface area (Å²) in [5.41, 5.74) is -0.0868. The first-order valence-electron chi connectivity index (χ1n) is 3.77. The van der Waals surface area contributed by atoms with E-state index in [2.05, 4.69) is 4.72 Å². The van der Waals surface area contributed by atoms with Crippen molar-refractivity contribution in [1.82, 2.24) is 0 Å². The minimum absolute atomic E-state index is 0.167. The Hall–Kier alpha value is -1.17. The van der Waals surface area contributed by atoms with E-state index in [-0.39, 0.29) is 11.3 Å². The molecule has 1 unspecified atom stereocenters. The predicted octanol–water partition coefficient (Wildman–Crippen LogP) is 2.28. The molecule has 2 N–H and O–H groups in total. The molecule has 0 spiro atoms. The minimum Gasteiger partial charge on any atom is -0.296 e. The summed E-state index contributed by atoms with van der Waals surface area (Å²) in [5.74, 6) is -1.32. The monoisotopic (exact) mass is 220 g/mol. The molecular weight excluding hydrogens is 210 g/mol. The molecule has 6 heteroatoms. The summed E-state index contributed by atoms with van der Waals surface area (Å²) in [6, 6.07) is 1.88. The molecule has 0 bridgehead atoms. The van der Waals surface area contributed by atoms with Gasteiger partial charge in [0.15, 0.2) is 0 Å². The molecule has 0 aromatic heterocycles. The van der Waals surface area contributed by atoms with E-state index < -0.39 is 21.5 Å². The van der Waals surface area contributed by atoms with Gasteiger partial charge in [-0.1, -0.05) is 0 Å². The zero-order valence-electron chi connectivity index (χ0n) is 7.73. The number of benzene rings is 1. The average molecular weight is 220 g/mol. The van der Waals surface area contributed by atoms with Crippen LogP contribution in [0.15, 0.2) is 12.1 Å². The molecule has 3 nitrogen and oxygen atoms in total. The number of nitrogens with one attached hydrogen (secondary N) is 2. The quantitative estimate of drug-likeness (QED) is 0.789. The van der Waals surface area contributed by atoms with Gasteiger partial charge in [0, 0.05) is 12.3 Å². The number of halogens is 2. The van der Waals surface area contributed by atoms with Gasteiger partial charge in [-0.15, -0.1) is 0 Å². The molecular formula is C8H10F2N2OS. The third-order valence-corrected chi connectivity index (χ3v) is 2.16. The van der Waals surface area contributed by atoms with E-state index in [0.717, 1.165) is 18.4 Å². The highest BCUT2D eigenvalue weighted by molar-refractivity contribution is 7.93. The van der Waals surface area contributed by atoms with Crippen LogP contribution in [0.2, 0.25) is 0 Å². The van der Waals surface area contributed by atoms with Gasteiger partial charge in [-0.2, -0.15) is 0 Å². The van der Waals surface area contributed by atoms with Crippen LogP contribution >= 0.6 is 0 Å². The zero-order chi connectivity index (χ0) is 10.9. The Morgan fingerprint density at radius 1 is 1.36 bits per heavy atom. The third-order valence-electron chi connectivity index (χ3n) is 1.55. The maximum absolute atomic E-state index is 13.1. The number of hydrogen-bond donors (Lipinski definition) is 2. The van der Waals surface area contributed by atoms with Crippen LogP contribution in [0, 0.1) is 23.3 Å². The first-order chi connectivity index (χ1) is 6.29. The zero-order valence-corrected chi connectivity index (χ0v) is 8.54. The van der Waals surface area contributed by atoms with Crippen molar-refractivity contribution >= 4 is 15.6 Å². The average Bonchev–Trinajstić information content (AvgIpc) is 1.97. The number of aryl methyl sites for hydroxylation is 1. The maximum atomic E-state index is 13.1. The second kappa shape index (κ2) is 3.53. The van der Waals surface area contributed by atoms with Crippen molar-refractivity contribution in [1.29, 1.82) is 4.78 Å². The molecule has 14 heavy (non-hydrogen) atoms. The summed E-state index contributed by atoms with van der Waals surface area (Å²) in [6.45, 7) is 1.42. The lowest BCUT2D eigenvalue weighted by atomic mass is 10.2.